The summed E-state index contributed by atoms with van der Waals surface area (Å²) in [6.45, 7) is 2.49. The molecule has 0 amide bonds. The van der Waals surface area contributed by atoms with Crippen molar-refractivity contribution in [1.82, 2.24) is 0 Å². The van der Waals surface area contributed by atoms with E-state index in [1.165, 1.54) is 0 Å². The van der Waals surface area contributed by atoms with Crippen molar-refractivity contribution in [2.45, 2.75) is 31.0 Å². The molecule has 0 fully saturated rings. The number of unbranched alkanes of at least 4 members (excludes halogenated alkanes) is 1. The summed E-state index contributed by atoms with van der Waals surface area (Å²) >= 11 is 9.95. The molecule has 0 aliphatic rings. The molecule has 6 heteroatoms. The van der Waals surface area contributed by atoms with Crippen LogP contribution in [0, 0.1) is 0 Å². The molecule has 0 radical (unpaired) electrons. The number of halogens is 4. The monoisotopic (exact) mass is 612 g/mol. The highest BCUT2D eigenvalue weighted by molar-refractivity contribution is 14.2. The molecule has 88 valence electrons. The molecular formula is C9H12BrI3O2. The molecule has 0 bridgehead atoms. The summed E-state index contributed by atoms with van der Waals surface area (Å²) in [6.07, 6.45) is 2.98. The lowest BCUT2D eigenvalue weighted by Crippen LogP contribution is -2.18. The van der Waals surface area contributed by atoms with E-state index in [1.54, 1.807) is 0 Å². The summed E-state index contributed by atoms with van der Waals surface area (Å²) in [6, 6.07) is 0. The van der Waals surface area contributed by atoms with Crippen LogP contribution in [0.1, 0.15) is 26.2 Å². The maximum absolute atomic E-state index is 11.5. The van der Waals surface area contributed by atoms with E-state index in [2.05, 4.69) is 90.6 Å². The van der Waals surface area contributed by atoms with E-state index < -0.39 is 0 Å². The first-order valence-electron chi connectivity index (χ1n) is 4.49. The van der Waals surface area contributed by atoms with Crippen LogP contribution >= 0.6 is 83.7 Å². The Balaban J connectivity index is 3.88. The van der Waals surface area contributed by atoms with Gasteiger partial charge in [0, 0.05) is 3.58 Å². The van der Waals surface area contributed by atoms with Gasteiger partial charge >= 0.3 is 5.97 Å². The molecular weight excluding hydrogens is 601 g/mol. The molecule has 0 spiro atoms. The molecule has 0 aromatic heterocycles. The van der Waals surface area contributed by atoms with Crippen LogP contribution in [-0.4, -0.2) is 17.4 Å². The number of ether oxygens (including phenoxy) is 1. The minimum absolute atomic E-state index is 0.159. The first-order chi connectivity index (χ1) is 6.99. The second-order valence-corrected chi connectivity index (χ2v) is 9.51. The lowest BCUT2D eigenvalue weighted by Gasteiger charge is -2.09. The van der Waals surface area contributed by atoms with Crippen LogP contribution in [0.2, 0.25) is 0 Å². The Labute approximate surface area is 140 Å². The number of hydrogen-bond donors (Lipinski definition) is 0. The molecule has 0 saturated carbocycles. The maximum Gasteiger partial charge on any atom is 0.320 e. The summed E-state index contributed by atoms with van der Waals surface area (Å²) in [4.78, 5) is 11.3. The highest BCUT2D eigenvalue weighted by atomic mass is 127. The number of esters is 1. The van der Waals surface area contributed by atoms with E-state index >= 15 is 0 Å². The van der Waals surface area contributed by atoms with Crippen LogP contribution in [-0.2, 0) is 9.53 Å². The van der Waals surface area contributed by atoms with E-state index in [0.717, 1.165) is 24.4 Å². The van der Waals surface area contributed by atoms with Gasteiger partial charge in [-0.2, -0.15) is 0 Å². The summed E-state index contributed by atoms with van der Waals surface area (Å²) in [7, 11) is 0. The average Bonchev–Trinajstić information content (AvgIpc) is 2.21. The molecule has 0 aromatic carbocycles. The van der Waals surface area contributed by atoms with Gasteiger partial charge in [0.05, 0.1) is 1.59 Å². The van der Waals surface area contributed by atoms with Crippen molar-refractivity contribution < 1.29 is 9.53 Å². The molecule has 1 atom stereocenters. The van der Waals surface area contributed by atoms with Crippen LogP contribution < -0.4 is 0 Å². The first kappa shape index (κ1) is 16.9. The molecule has 0 N–H and O–H groups in total. The zero-order valence-corrected chi connectivity index (χ0v) is 16.3. The third-order valence-corrected chi connectivity index (χ3v) is 6.66. The fourth-order valence-electron chi connectivity index (χ4n) is 0.781. The summed E-state index contributed by atoms with van der Waals surface area (Å²) < 4.78 is 7.37. The topological polar surface area (TPSA) is 26.3 Å². The van der Waals surface area contributed by atoms with Gasteiger partial charge in [-0.25, -0.2) is 0 Å². The second kappa shape index (κ2) is 9.86. The van der Waals surface area contributed by atoms with Gasteiger partial charge in [-0.3, -0.25) is 4.79 Å². The van der Waals surface area contributed by atoms with Crippen LogP contribution in [0.25, 0.3) is 0 Å². The molecule has 2 nitrogen and oxygen atoms in total. The molecule has 0 aromatic rings. The lowest BCUT2D eigenvalue weighted by atomic mass is 10.2. The number of carbonyl (C=O) groups excluding carboxylic acids is 1. The Morgan fingerprint density at radius 2 is 2.00 bits per heavy atom. The minimum Gasteiger partial charge on any atom is -0.459 e. The predicted molar refractivity (Wildman–Crippen MR) is 92.3 cm³/mol. The fourth-order valence-corrected chi connectivity index (χ4v) is 1.70. The Hall–Kier alpha value is 1.88. The largest absolute Gasteiger partial charge is 0.459 e. The minimum atomic E-state index is -0.160. The molecule has 0 aliphatic heterocycles. The van der Waals surface area contributed by atoms with Gasteiger partial charge in [-0.1, -0.05) is 35.7 Å². The van der Waals surface area contributed by atoms with Gasteiger partial charge < -0.3 is 4.74 Å². The van der Waals surface area contributed by atoms with Crippen molar-refractivity contribution in [2.75, 3.05) is 6.61 Å². The average molecular weight is 613 g/mol. The third-order valence-electron chi connectivity index (χ3n) is 1.61. The van der Waals surface area contributed by atoms with Gasteiger partial charge in [-0.15, -0.1) is 0 Å². The quantitative estimate of drug-likeness (QED) is 0.241. The number of rotatable bonds is 6. The molecule has 0 aliphatic carbocycles. The summed E-state index contributed by atoms with van der Waals surface area (Å²) in [5.41, 5.74) is 0. The van der Waals surface area contributed by atoms with Gasteiger partial charge in [0.2, 0.25) is 0 Å². The van der Waals surface area contributed by atoms with Crippen molar-refractivity contribution in [3.05, 3.63) is 5.17 Å². The first-order valence-corrected chi connectivity index (χ1v) is 8.64. The van der Waals surface area contributed by atoms with Gasteiger partial charge in [-0.05, 0) is 74.2 Å². The normalized spacial score (nSPS) is 12.1. The molecule has 0 rings (SSSR count). The SMILES string of the molecule is CCCCC(Br)C(=O)OCC(I)=C(I)I. The van der Waals surface area contributed by atoms with Gasteiger partial charge in [0.1, 0.15) is 11.4 Å². The van der Waals surface area contributed by atoms with E-state index in [0.29, 0.717) is 6.61 Å². The molecule has 0 heterocycles. The van der Waals surface area contributed by atoms with E-state index in [4.69, 9.17) is 4.74 Å². The maximum atomic E-state index is 11.5. The number of carbonyl (C=O) groups is 1. The Morgan fingerprint density at radius 1 is 1.40 bits per heavy atom. The van der Waals surface area contributed by atoms with Crippen molar-refractivity contribution in [3.63, 3.8) is 0 Å². The van der Waals surface area contributed by atoms with E-state index in [1.807, 2.05) is 0 Å². The zero-order valence-electron chi connectivity index (χ0n) is 8.23. The van der Waals surface area contributed by atoms with Crippen LogP contribution in [0.3, 0.4) is 0 Å². The van der Waals surface area contributed by atoms with E-state index in [9.17, 15) is 4.79 Å². The van der Waals surface area contributed by atoms with E-state index in [-0.39, 0.29) is 10.8 Å². The fraction of sp³-hybridized carbons (Fsp3) is 0.667. The van der Waals surface area contributed by atoms with Crippen LogP contribution in [0.4, 0.5) is 0 Å². The summed E-state index contributed by atoms with van der Waals surface area (Å²) in [5.74, 6) is -0.160. The lowest BCUT2D eigenvalue weighted by molar-refractivity contribution is -0.141. The predicted octanol–water partition coefficient (Wildman–Crippen LogP) is 4.96. The summed E-state index contributed by atoms with van der Waals surface area (Å²) in [5, 5.41) is 0. The third kappa shape index (κ3) is 8.58. The second-order valence-electron chi connectivity index (χ2n) is 2.88. The van der Waals surface area contributed by atoms with Gasteiger partial charge in [0.15, 0.2) is 0 Å². The van der Waals surface area contributed by atoms with Crippen LogP contribution in [0.5, 0.6) is 0 Å². The molecule has 0 saturated heterocycles. The highest BCUT2D eigenvalue weighted by Gasteiger charge is 2.15. The molecule has 1 unspecified atom stereocenters. The van der Waals surface area contributed by atoms with Crippen LogP contribution in [0.15, 0.2) is 5.17 Å². The Morgan fingerprint density at radius 3 is 2.47 bits per heavy atom. The molecule has 15 heavy (non-hydrogen) atoms. The number of hydrogen-bond acceptors (Lipinski definition) is 2. The van der Waals surface area contributed by atoms with Crippen molar-refractivity contribution in [1.29, 1.82) is 0 Å². The smallest absolute Gasteiger partial charge is 0.320 e. The Bertz CT molecular complexity index is 240. The number of alkyl halides is 1. The standard InChI is InChI=1S/C9H12BrI3O2/c1-2-3-4-6(10)9(14)15-5-7(11)8(12)13/h6H,2-5H2,1H3. The Kier molecular flexibility index (Phi) is 11.1. The van der Waals surface area contributed by atoms with Crippen molar-refractivity contribution in [3.8, 4) is 0 Å². The van der Waals surface area contributed by atoms with Crippen molar-refractivity contribution >= 4 is 89.7 Å². The van der Waals surface area contributed by atoms with Crippen molar-refractivity contribution in [2.24, 2.45) is 0 Å². The zero-order chi connectivity index (χ0) is 11.8. The van der Waals surface area contributed by atoms with Gasteiger partial charge in [0.25, 0.3) is 0 Å². The highest BCUT2D eigenvalue weighted by Crippen LogP contribution is 2.25.